The molecule has 6 nitrogen and oxygen atoms in total. The van der Waals surface area contributed by atoms with E-state index in [-0.39, 0.29) is 0 Å². The van der Waals surface area contributed by atoms with E-state index in [1.54, 1.807) is 0 Å². The van der Waals surface area contributed by atoms with Crippen molar-refractivity contribution < 1.29 is 0 Å². The minimum absolute atomic E-state index is 0.644. The van der Waals surface area contributed by atoms with Gasteiger partial charge in [0.1, 0.15) is 0 Å². The van der Waals surface area contributed by atoms with Crippen molar-refractivity contribution in [2.24, 2.45) is 11.8 Å². The summed E-state index contributed by atoms with van der Waals surface area (Å²) in [6.45, 7) is 2.20. The summed E-state index contributed by atoms with van der Waals surface area (Å²) in [6, 6.07) is 0. The van der Waals surface area contributed by atoms with Gasteiger partial charge in [0.2, 0.25) is 17.8 Å². The monoisotopic (exact) mass is 262 g/mol. The minimum atomic E-state index is 0.644. The molecule has 19 heavy (non-hydrogen) atoms. The van der Waals surface area contributed by atoms with Gasteiger partial charge in [0.15, 0.2) is 0 Å². The van der Waals surface area contributed by atoms with E-state index in [1.165, 1.54) is 19.3 Å². The fraction of sp³-hybridized carbons (Fsp3) is 0.769. The first-order valence-corrected chi connectivity index (χ1v) is 7.03. The van der Waals surface area contributed by atoms with E-state index in [0.717, 1.165) is 30.9 Å². The number of aromatic nitrogens is 3. The number of hydrogen-bond acceptors (Lipinski definition) is 6. The summed E-state index contributed by atoms with van der Waals surface area (Å²) < 4.78 is 0. The Kier molecular flexibility index (Phi) is 3.16. The molecule has 1 N–H and O–H groups in total. The van der Waals surface area contributed by atoms with Crippen LogP contribution < -0.4 is 15.1 Å². The largest absolute Gasteiger partial charge is 0.357 e. The van der Waals surface area contributed by atoms with Crippen molar-refractivity contribution in [3.63, 3.8) is 0 Å². The highest BCUT2D eigenvalue weighted by Gasteiger charge is 2.37. The highest BCUT2D eigenvalue weighted by Crippen LogP contribution is 2.38. The fourth-order valence-electron chi connectivity index (χ4n) is 3.21. The summed E-state index contributed by atoms with van der Waals surface area (Å²) in [7, 11) is 5.76. The van der Waals surface area contributed by atoms with E-state index < -0.39 is 0 Å². The van der Waals surface area contributed by atoms with E-state index >= 15 is 0 Å². The standard InChI is InChI=1S/C13H22N6/c1-14-11-15-12(18(2)3)17-13(16-11)19-7-9-5-4-6-10(9)8-19/h9-10H,4-8H2,1-3H3,(H,14,15,16,17). The van der Waals surface area contributed by atoms with E-state index in [4.69, 9.17) is 0 Å². The summed E-state index contributed by atoms with van der Waals surface area (Å²) in [5.74, 6) is 3.87. The molecule has 0 aromatic carbocycles. The van der Waals surface area contributed by atoms with E-state index in [1.807, 2.05) is 26.0 Å². The molecule has 104 valence electrons. The van der Waals surface area contributed by atoms with Crippen LogP contribution in [0.1, 0.15) is 19.3 Å². The lowest BCUT2D eigenvalue weighted by Crippen LogP contribution is -2.25. The summed E-state index contributed by atoms with van der Waals surface area (Å²) in [5.41, 5.74) is 0. The van der Waals surface area contributed by atoms with Crippen molar-refractivity contribution in [1.82, 2.24) is 15.0 Å². The SMILES string of the molecule is CNc1nc(N(C)C)nc(N2CC3CCCC3C2)n1. The van der Waals surface area contributed by atoms with Crippen molar-refractivity contribution in [2.45, 2.75) is 19.3 Å². The topological polar surface area (TPSA) is 57.2 Å². The zero-order valence-corrected chi connectivity index (χ0v) is 11.9. The lowest BCUT2D eigenvalue weighted by atomic mass is 10.0. The number of anilines is 3. The molecular formula is C13H22N6. The Hall–Kier alpha value is -1.59. The molecule has 2 atom stereocenters. The average molecular weight is 262 g/mol. The number of nitrogens with zero attached hydrogens (tertiary/aromatic N) is 5. The summed E-state index contributed by atoms with van der Waals surface area (Å²) in [6.07, 6.45) is 4.13. The maximum Gasteiger partial charge on any atom is 0.231 e. The van der Waals surface area contributed by atoms with Gasteiger partial charge < -0.3 is 15.1 Å². The summed E-state index contributed by atoms with van der Waals surface area (Å²) in [5, 5.41) is 3.02. The van der Waals surface area contributed by atoms with E-state index in [2.05, 4.69) is 25.2 Å². The molecule has 2 unspecified atom stereocenters. The van der Waals surface area contributed by atoms with Gasteiger partial charge in [0.25, 0.3) is 0 Å². The Morgan fingerprint density at radius 1 is 1.11 bits per heavy atom. The smallest absolute Gasteiger partial charge is 0.231 e. The number of hydrogen-bond donors (Lipinski definition) is 1. The van der Waals surface area contributed by atoms with E-state index in [0.29, 0.717) is 11.9 Å². The molecule has 0 amide bonds. The first-order chi connectivity index (χ1) is 9.17. The third-order valence-electron chi connectivity index (χ3n) is 4.24. The van der Waals surface area contributed by atoms with Gasteiger partial charge in [0, 0.05) is 34.2 Å². The molecule has 3 rings (SSSR count). The van der Waals surface area contributed by atoms with Crippen molar-refractivity contribution in [1.29, 1.82) is 0 Å². The molecule has 1 saturated heterocycles. The van der Waals surface area contributed by atoms with E-state index in [9.17, 15) is 0 Å². The molecule has 2 heterocycles. The van der Waals surface area contributed by atoms with Gasteiger partial charge >= 0.3 is 0 Å². The molecule has 0 spiro atoms. The van der Waals surface area contributed by atoms with Gasteiger partial charge in [-0.15, -0.1) is 0 Å². The second-order valence-corrected chi connectivity index (χ2v) is 5.76. The average Bonchev–Trinajstić information content (AvgIpc) is 2.98. The van der Waals surface area contributed by atoms with Crippen LogP contribution in [0, 0.1) is 11.8 Å². The molecule has 1 saturated carbocycles. The van der Waals surface area contributed by atoms with Crippen LogP contribution in [0.25, 0.3) is 0 Å². The first-order valence-electron chi connectivity index (χ1n) is 7.03. The highest BCUT2D eigenvalue weighted by atomic mass is 15.4. The molecule has 1 aliphatic heterocycles. The Balaban J connectivity index is 1.86. The van der Waals surface area contributed by atoms with Gasteiger partial charge in [0.05, 0.1) is 0 Å². The zero-order chi connectivity index (χ0) is 13.4. The van der Waals surface area contributed by atoms with Crippen LogP contribution in [-0.2, 0) is 0 Å². The summed E-state index contributed by atoms with van der Waals surface area (Å²) >= 11 is 0. The molecule has 0 radical (unpaired) electrons. The molecular weight excluding hydrogens is 240 g/mol. The van der Waals surface area contributed by atoms with Crippen LogP contribution in [0.3, 0.4) is 0 Å². The number of nitrogens with one attached hydrogen (secondary N) is 1. The molecule has 0 bridgehead atoms. The third-order valence-corrected chi connectivity index (χ3v) is 4.24. The molecule has 1 aromatic rings. The van der Waals surface area contributed by atoms with Gasteiger partial charge in [-0.05, 0) is 24.7 Å². The van der Waals surface area contributed by atoms with Crippen LogP contribution in [-0.4, -0.2) is 49.2 Å². The van der Waals surface area contributed by atoms with Gasteiger partial charge in [-0.25, -0.2) is 0 Å². The van der Waals surface area contributed by atoms with Gasteiger partial charge in [-0.2, -0.15) is 15.0 Å². The lowest BCUT2D eigenvalue weighted by Gasteiger charge is -2.19. The van der Waals surface area contributed by atoms with Crippen molar-refractivity contribution in [3.05, 3.63) is 0 Å². The predicted octanol–water partition coefficient (Wildman–Crippen LogP) is 1.22. The Bertz CT molecular complexity index is 448. The normalized spacial score (nSPS) is 25.5. The maximum atomic E-state index is 4.58. The molecule has 1 aliphatic carbocycles. The number of fused-ring (bicyclic) bond motifs is 1. The second-order valence-electron chi connectivity index (χ2n) is 5.76. The molecule has 2 aliphatic rings. The van der Waals surface area contributed by atoms with Crippen LogP contribution >= 0.6 is 0 Å². The van der Waals surface area contributed by atoms with Crippen LogP contribution in [0.2, 0.25) is 0 Å². The van der Waals surface area contributed by atoms with Crippen LogP contribution in [0.5, 0.6) is 0 Å². The fourth-order valence-corrected chi connectivity index (χ4v) is 3.21. The van der Waals surface area contributed by atoms with Crippen LogP contribution in [0.4, 0.5) is 17.8 Å². The Morgan fingerprint density at radius 3 is 2.37 bits per heavy atom. The second kappa shape index (κ2) is 4.83. The van der Waals surface area contributed by atoms with Crippen molar-refractivity contribution in [2.75, 3.05) is 49.3 Å². The highest BCUT2D eigenvalue weighted by molar-refractivity contribution is 5.45. The number of rotatable bonds is 3. The Morgan fingerprint density at radius 2 is 1.79 bits per heavy atom. The third kappa shape index (κ3) is 2.31. The maximum absolute atomic E-state index is 4.58. The molecule has 6 heteroatoms. The van der Waals surface area contributed by atoms with Crippen molar-refractivity contribution in [3.8, 4) is 0 Å². The zero-order valence-electron chi connectivity index (χ0n) is 11.9. The minimum Gasteiger partial charge on any atom is -0.357 e. The van der Waals surface area contributed by atoms with Gasteiger partial charge in [-0.1, -0.05) is 6.42 Å². The molecule has 1 aromatic heterocycles. The first kappa shape index (κ1) is 12.4. The van der Waals surface area contributed by atoms with Crippen molar-refractivity contribution >= 4 is 17.8 Å². The van der Waals surface area contributed by atoms with Crippen LogP contribution in [0.15, 0.2) is 0 Å². The van der Waals surface area contributed by atoms with Gasteiger partial charge in [-0.3, -0.25) is 0 Å². The quantitative estimate of drug-likeness (QED) is 0.884. The Labute approximate surface area is 114 Å². The predicted molar refractivity (Wildman–Crippen MR) is 76.7 cm³/mol. The lowest BCUT2D eigenvalue weighted by molar-refractivity contribution is 0.494. The molecule has 2 fully saturated rings. The summed E-state index contributed by atoms with van der Waals surface area (Å²) in [4.78, 5) is 17.7.